The van der Waals surface area contributed by atoms with E-state index < -0.39 is 0 Å². The Morgan fingerprint density at radius 1 is 1.47 bits per heavy atom. The van der Waals surface area contributed by atoms with Gasteiger partial charge in [0, 0.05) is 17.4 Å². The van der Waals surface area contributed by atoms with Crippen LogP contribution in [-0.4, -0.2) is 24.7 Å². The van der Waals surface area contributed by atoms with E-state index in [2.05, 4.69) is 0 Å². The van der Waals surface area contributed by atoms with E-state index >= 15 is 0 Å². The molecule has 0 spiro atoms. The standard InChI is InChI=1S/C13H19NO2S/c1-9(14)11-4-3-5-12(15-2)13(11)16-10-6-7-17-8-10/h3-5,9-10H,6-8,14H2,1-2H3. The van der Waals surface area contributed by atoms with Gasteiger partial charge < -0.3 is 15.2 Å². The van der Waals surface area contributed by atoms with Crippen LogP contribution in [0.2, 0.25) is 0 Å². The summed E-state index contributed by atoms with van der Waals surface area (Å²) in [5.41, 5.74) is 6.99. The predicted molar refractivity (Wildman–Crippen MR) is 72.0 cm³/mol. The van der Waals surface area contributed by atoms with Gasteiger partial charge in [-0.25, -0.2) is 0 Å². The SMILES string of the molecule is COc1cccc(C(C)N)c1OC1CCSC1. The van der Waals surface area contributed by atoms with Crippen LogP contribution in [0.1, 0.15) is 24.9 Å². The minimum Gasteiger partial charge on any atom is -0.493 e. The molecule has 94 valence electrons. The van der Waals surface area contributed by atoms with Crippen molar-refractivity contribution in [2.45, 2.75) is 25.5 Å². The quantitative estimate of drug-likeness (QED) is 0.896. The van der Waals surface area contributed by atoms with Gasteiger partial charge in [-0.2, -0.15) is 11.8 Å². The Morgan fingerprint density at radius 3 is 2.88 bits per heavy atom. The van der Waals surface area contributed by atoms with Crippen molar-refractivity contribution in [1.82, 2.24) is 0 Å². The van der Waals surface area contributed by atoms with Crippen LogP contribution in [0, 0.1) is 0 Å². The summed E-state index contributed by atoms with van der Waals surface area (Å²) in [4.78, 5) is 0. The molecular formula is C13H19NO2S. The normalized spacial score (nSPS) is 21.2. The van der Waals surface area contributed by atoms with Crippen LogP contribution in [0.5, 0.6) is 11.5 Å². The molecule has 3 nitrogen and oxygen atoms in total. The maximum Gasteiger partial charge on any atom is 0.166 e. The van der Waals surface area contributed by atoms with E-state index in [1.54, 1.807) is 7.11 Å². The van der Waals surface area contributed by atoms with Gasteiger partial charge in [-0.3, -0.25) is 0 Å². The summed E-state index contributed by atoms with van der Waals surface area (Å²) >= 11 is 1.93. The Kier molecular flexibility index (Phi) is 4.18. The molecule has 4 heteroatoms. The Hall–Kier alpha value is -0.870. The van der Waals surface area contributed by atoms with Crippen molar-refractivity contribution >= 4 is 11.8 Å². The van der Waals surface area contributed by atoms with Gasteiger partial charge in [0.2, 0.25) is 0 Å². The molecule has 1 saturated heterocycles. The van der Waals surface area contributed by atoms with E-state index in [9.17, 15) is 0 Å². The summed E-state index contributed by atoms with van der Waals surface area (Å²) in [6.07, 6.45) is 1.38. The molecule has 2 atom stereocenters. The minimum absolute atomic E-state index is 0.0471. The number of hydrogen-bond donors (Lipinski definition) is 1. The molecule has 1 aromatic rings. The highest BCUT2D eigenvalue weighted by atomic mass is 32.2. The Bertz CT molecular complexity index is 376. The molecule has 1 fully saturated rings. The number of thioether (sulfide) groups is 1. The molecule has 17 heavy (non-hydrogen) atoms. The van der Waals surface area contributed by atoms with Crippen molar-refractivity contribution in [1.29, 1.82) is 0 Å². The third-order valence-electron chi connectivity index (χ3n) is 2.89. The number of rotatable bonds is 4. The van der Waals surface area contributed by atoms with Crippen LogP contribution >= 0.6 is 11.8 Å². The summed E-state index contributed by atoms with van der Waals surface area (Å²) in [5.74, 6) is 3.82. The number of para-hydroxylation sites is 1. The van der Waals surface area contributed by atoms with Gasteiger partial charge in [-0.15, -0.1) is 0 Å². The van der Waals surface area contributed by atoms with Crippen molar-refractivity contribution in [2.75, 3.05) is 18.6 Å². The molecule has 0 saturated carbocycles. The van der Waals surface area contributed by atoms with Gasteiger partial charge in [0.25, 0.3) is 0 Å². The molecule has 2 unspecified atom stereocenters. The maximum atomic E-state index is 6.06. The number of ether oxygens (including phenoxy) is 2. The zero-order chi connectivity index (χ0) is 12.3. The molecule has 1 aliphatic heterocycles. The highest BCUT2D eigenvalue weighted by molar-refractivity contribution is 7.99. The lowest BCUT2D eigenvalue weighted by molar-refractivity contribution is 0.215. The third kappa shape index (κ3) is 2.87. The zero-order valence-corrected chi connectivity index (χ0v) is 11.1. The van der Waals surface area contributed by atoms with Gasteiger partial charge in [0.05, 0.1) is 7.11 Å². The second-order valence-corrected chi connectivity index (χ2v) is 5.42. The van der Waals surface area contributed by atoms with Crippen LogP contribution < -0.4 is 15.2 Å². The Labute approximate surface area is 107 Å². The van der Waals surface area contributed by atoms with E-state index in [4.69, 9.17) is 15.2 Å². The molecule has 0 aliphatic carbocycles. The Morgan fingerprint density at radius 2 is 2.29 bits per heavy atom. The summed E-state index contributed by atoms with van der Waals surface area (Å²) in [6, 6.07) is 5.83. The molecule has 0 radical (unpaired) electrons. The van der Waals surface area contributed by atoms with Crippen molar-refractivity contribution in [3.8, 4) is 11.5 Å². The lowest BCUT2D eigenvalue weighted by Gasteiger charge is -2.20. The molecule has 0 amide bonds. The fourth-order valence-corrected chi connectivity index (χ4v) is 3.04. The van der Waals surface area contributed by atoms with E-state index in [0.717, 1.165) is 29.2 Å². The van der Waals surface area contributed by atoms with Crippen molar-refractivity contribution < 1.29 is 9.47 Å². The summed E-state index contributed by atoms with van der Waals surface area (Å²) in [5, 5.41) is 0. The lowest BCUT2D eigenvalue weighted by atomic mass is 10.1. The monoisotopic (exact) mass is 253 g/mol. The first kappa shape index (κ1) is 12.6. The van der Waals surface area contributed by atoms with Crippen molar-refractivity contribution in [2.24, 2.45) is 5.73 Å². The van der Waals surface area contributed by atoms with Crippen molar-refractivity contribution in [3.05, 3.63) is 23.8 Å². The third-order valence-corrected chi connectivity index (χ3v) is 4.02. The second kappa shape index (κ2) is 5.65. The van der Waals surface area contributed by atoms with Crippen LogP contribution in [0.4, 0.5) is 0 Å². The van der Waals surface area contributed by atoms with Gasteiger partial charge in [-0.05, 0) is 25.2 Å². The molecule has 1 aliphatic rings. The minimum atomic E-state index is -0.0471. The highest BCUT2D eigenvalue weighted by Gasteiger charge is 2.21. The first-order valence-corrected chi connectivity index (χ1v) is 7.04. The average Bonchev–Trinajstić information content (AvgIpc) is 2.82. The molecular weight excluding hydrogens is 234 g/mol. The summed E-state index contributed by atoms with van der Waals surface area (Å²) in [7, 11) is 1.66. The first-order valence-electron chi connectivity index (χ1n) is 5.89. The van der Waals surface area contributed by atoms with Crippen LogP contribution in [0.3, 0.4) is 0 Å². The van der Waals surface area contributed by atoms with E-state index in [1.165, 1.54) is 5.75 Å². The van der Waals surface area contributed by atoms with E-state index in [-0.39, 0.29) is 12.1 Å². The molecule has 1 heterocycles. The number of hydrogen-bond acceptors (Lipinski definition) is 4. The van der Waals surface area contributed by atoms with Crippen LogP contribution in [-0.2, 0) is 0 Å². The zero-order valence-electron chi connectivity index (χ0n) is 10.3. The fourth-order valence-electron chi connectivity index (χ4n) is 1.95. The number of benzene rings is 1. The van der Waals surface area contributed by atoms with Crippen LogP contribution in [0.25, 0.3) is 0 Å². The average molecular weight is 253 g/mol. The topological polar surface area (TPSA) is 44.5 Å². The predicted octanol–water partition coefficient (Wildman–Crippen LogP) is 2.60. The molecule has 2 N–H and O–H groups in total. The van der Waals surface area contributed by atoms with Gasteiger partial charge in [0.15, 0.2) is 11.5 Å². The van der Waals surface area contributed by atoms with Gasteiger partial charge in [0.1, 0.15) is 6.10 Å². The lowest BCUT2D eigenvalue weighted by Crippen LogP contribution is -2.18. The number of nitrogens with two attached hydrogens (primary N) is 1. The van der Waals surface area contributed by atoms with E-state index in [0.29, 0.717) is 0 Å². The van der Waals surface area contributed by atoms with Gasteiger partial charge >= 0.3 is 0 Å². The Balaban J connectivity index is 2.27. The molecule has 1 aromatic carbocycles. The molecule has 0 bridgehead atoms. The van der Waals surface area contributed by atoms with Crippen LogP contribution in [0.15, 0.2) is 18.2 Å². The summed E-state index contributed by atoms with van der Waals surface area (Å²) < 4.78 is 11.4. The molecule has 2 rings (SSSR count). The largest absolute Gasteiger partial charge is 0.493 e. The second-order valence-electron chi connectivity index (χ2n) is 4.27. The molecule has 0 aromatic heterocycles. The highest BCUT2D eigenvalue weighted by Crippen LogP contribution is 2.36. The first-order chi connectivity index (χ1) is 8.22. The summed E-state index contributed by atoms with van der Waals surface area (Å²) in [6.45, 7) is 1.96. The number of methoxy groups -OCH3 is 1. The smallest absolute Gasteiger partial charge is 0.166 e. The fraction of sp³-hybridized carbons (Fsp3) is 0.538. The maximum absolute atomic E-state index is 6.06. The van der Waals surface area contributed by atoms with E-state index in [1.807, 2.05) is 36.9 Å². The van der Waals surface area contributed by atoms with Gasteiger partial charge in [-0.1, -0.05) is 12.1 Å². The van der Waals surface area contributed by atoms with Crippen molar-refractivity contribution in [3.63, 3.8) is 0 Å².